The number of nitrogens with zero attached hydrogens (tertiary/aromatic N) is 1. The highest BCUT2D eigenvalue weighted by molar-refractivity contribution is 4.97. The van der Waals surface area contributed by atoms with Crippen molar-refractivity contribution >= 4 is 0 Å². The second kappa shape index (κ2) is 5.18. The van der Waals surface area contributed by atoms with E-state index in [4.69, 9.17) is 0 Å². The zero-order valence-electron chi connectivity index (χ0n) is 8.06. The third-order valence-electron chi connectivity index (χ3n) is 2.37. The molecule has 68 valence electrons. The van der Waals surface area contributed by atoms with E-state index in [2.05, 4.69) is 29.1 Å². The van der Waals surface area contributed by atoms with Gasteiger partial charge in [-0.2, -0.15) is 0 Å². The van der Waals surface area contributed by atoms with Gasteiger partial charge in [0, 0.05) is 6.04 Å². The molecule has 0 aromatic rings. The van der Waals surface area contributed by atoms with Crippen LogP contribution in [0.25, 0.3) is 0 Å². The van der Waals surface area contributed by atoms with Gasteiger partial charge in [0.1, 0.15) is 0 Å². The van der Waals surface area contributed by atoms with E-state index in [1.807, 2.05) is 6.92 Å². The normalized spacial score (nSPS) is 20.2. The molecule has 0 radical (unpaired) electrons. The van der Waals surface area contributed by atoms with Crippen molar-refractivity contribution < 1.29 is 0 Å². The summed E-state index contributed by atoms with van der Waals surface area (Å²) < 4.78 is 0. The highest BCUT2D eigenvalue weighted by Gasteiger charge is 2.14. The Kier molecular flexibility index (Phi) is 4.13. The second-order valence-electron chi connectivity index (χ2n) is 3.39. The molecule has 0 spiro atoms. The fraction of sp³-hybridized carbons (Fsp3) is 0.800. The Hall–Kier alpha value is -0.520. The number of nitrogens with one attached hydrogen (secondary N) is 1. The monoisotopic (exact) mass is 166 g/mol. The van der Waals surface area contributed by atoms with Crippen molar-refractivity contribution in [2.24, 2.45) is 0 Å². The number of likely N-dealkylation sites (tertiary alicyclic amines) is 1. The summed E-state index contributed by atoms with van der Waals surface area (Å²) in [5, 5.41) is 3.44. The molecule has 0 bridgehead atoms. The van der Waals surface area contributed by atoms with Crippen LogP contribution in [-0.2, 0) is 0 Å². The highest BCUT2D eigenvalue weighted by atomic mass is 15.1. The lowest BCUT2D eigenvalue weighted by molar-refractivity contribution is 0.238. The summed E-state index contributed by atoms with van der Waals surface area (Å²) in [4.78, 5) is 2.38. The molecule has 1 aliphatic rings. The highest BCUT2D eigenvalue weighted by Crippen LogP contribution is 2.07. The molecule has 1 aliphatic heterocycles. The lowest BCUT2D eigenvalue weighted by Gasteiger charge is -2.29. The molecule has 1 heterocycles. The van der Waals surface area contributed by atoms with E-state index in [1.165, 1.54) is 25.9 Å². The van der Waals surface area contributed by atoms with Crippen LogP contribution < -0.4 is 5.32 Å². The fourth-order valence-corrected chi connectivity index (χ4v) is 1.50. The largest absolute Gasteiger partial charge is 0.306 e. The minimum Gasteiger partial charge on any atom is -0.306 e. The molecule has 0 aromatic heterocycles. The smallest absolute Gasteiger partial charge is 0.0578 e. The maximum absolute atomic E-state index is 3.44. The van der Waals surface area contributed by atoms with Gasteiger partial charge in [-0.15, -0.1) is 5.92 Å². The van der Waals surface area contributed by atoms with Gasteiger partial charge in [0.2, 0.25) is 0 Å². The summed E-state index contributed by atoms with van der Waals surface area (Å²) >= 11 is 0. The van der Waals surface area contributed by atoms with Crippen LogP contribution in [0.5, 0.6) is 0 Å². The van der Waals surface area contributed by atoms with Gasteiger partial charge in [0.25, 0.3) is 0 Å². The Morgan fingerprint density at radius 1 is 1.42 bits per heavy atom. The topological polar surface area (TPSA) is 15.3 Å². The molecule has 1 N–H and O–H groups in total. The molecular weight excluding hydrogens is 148 g/mol. The predicted molar refractivity (Wildman–Crippen MR) is 52.0 cm³/mol. The van der Waals surface area contributed by atoms with E-state index < -0.39 is 0 Å². The summed E-state index contributed by atoms with van der Waals surface area (Å²) in [5.41, 5.74) is 0. The molecule has 1 saturated heterocycles. The lowest BCUT2D eigenvalue weighted by atomic mass is 10.1. The molecule has 0 saturated carbocycles. The quantitative estimate of drug-likeness (QED) is 0.607. The van der Waals surface area contributed by atoms with Crippen molar-refractivity contribution in [3.05, 3.63) is 0 Å². The van der Waals surface area contributed by atoms with Crippen LogP contribution in [-0.4, -0.2) is 37.6 Å². The van der Waals surface area contributed by atoms with Gasteiger partial charge < -0.3 is 10.2 Å². The standard InChI is InChI=1S/C10H18N2/c1-3-4-7-11-10-5-8-12(2)9-6-10/h10-11H,5-9H2,1-2H3. The Morgan fingerprint density at radius 2 is 2.08 bits per heavy atom. The molecule has 0 unspecified atom stereocenters. The Bertz CT molecular complexity index is 170. The van der Waals surface area contributed by atoms with Gasteiger partial charge in [0.15, 0.2) is 0 Å². The zero-order chi connectivity index (χ0) is 8.81. The van der Waals surface area contributed by atoms with Crippen LogP contribution in [0.1, 0.15) is 19.8 Å². The van der Waals surface area contributed by atoms with Crippen molar-refractivity contribution in [2.45, 2.75) is 25.8 Å². The molecule has 12 heavy (non-hydrogen) atoms. The Balaban J connectivity index is 2.12. The number of hydrogen-bond acceptors (Lipinski definition) is 2. The second-order valence-corrected chi connectivity index (χ2v) is 3.39. The summed E-state index contributed by atoms with van der Waals surface area (Å²) in [6.45, 7) is 5.18. The van der Waals surface area contributed by atoms with Gasteiger partial charge in [0.05, 0.1) is 6.54 Å². The summed E-state index contributed by atoms with van der Waals surface area (Å²) in [6.07, 6.45) is 2.53. The molecule has 2 heteroatoms. The summed E-state index contributed by atoms with van der Waals surface area (Å²) in [5.74, 6) is 5.93. The van der Waals surface area contributed by atoms with Crippen molar-refractivity contribution in [1.82, 2.24) is 10.2 Å². The minimum absolute atomic E-state index is 0.696. The van der Waals surface area contributed by atoms with Crippen molar-refractivity contribution in [3.8, 4) is 11.8 Å². The zero-order valence-corrected chi connectivity index (χ0v) is 8.06. The van der Waals surface area contributed by atoms with Gasteiger partial charge in [-0.1, -0.05) is 5.92 Å². The molecule has 2 nitrogen and oxygen atoms in total. The number of hydrogen-bond donors (Lipinski definition) is 1. The van der Waals surface area contributed by atoms with Crippen LogP contribution in [0.3, 0.4) is 0 Å². The first kappa shape index (κ1) is 9.57. The van der Waals surface area contributed by atoms with E-state index >= 15 is 0 Å². The van der Waals surface area contributed by atoms with Crippen LogP contribution >= 0.6 is 0 Å². The molecule has 0 amide bonds. The third-order valence-corrected chi connectivity index (χ3v) is 2.37. The van der Waals surface area contributed by atoms with Crippen LogP contribution in [0.2, 0.25) is 0 Å². The maximum Gasteiger partial charge on any atom is 0.0578 e. The predicted octanol–water partition coefficient (Wildman–Crippen LogP) is 0.694. The first-order valence-electron chi connectivity index (χ1n) is 4.64. The SMILES string of the molecule is CC#CCNC1CCN(C)CC1. The Morgan fingerprint density at radius 3 is 2.67 bits per heavy atom. The van der Waals surface area contributed by atoms with Gasteiger partial charge >= 0.3 is 0 Å². The molecular formula is C10H18N2. The van der Waals surface area contributed by atoms with E-state index in [9.17, 15) is 0 Å². The van der Waals surface area contributed by atoms with Crippen molar-refractivity contribution in [1.29, 1.82) is 0 Å². The van der Waals surface area contributed by atoms with Crippen LogP contribution in [0, 0.1) is 11.8 Å². The Labute approximate surface area is 75.3 Å². The van der Waals surface area contributed by atoms with E-state index in [-0.39, 0.29) is 0 Å². The third kappa shape index (κ3) is 3.25. The van der Waals surface area contributed by atoms with Gasteiger partial charge in [-0.05, 0) is 39.9 Å². The maximum atomic E-state index is 3.44. The molecule has 0 aliphatic carbocycles. The first-order chi connectivity index (χ1) is 5.83. The first-order valence-corrected chi connectivity index (χ1v) is 4.64. The van der Waals surface area contributed by atoms with Gasteiger partial charge in [-0.3, -0.25) is 0 Å². The number of piperidine rings is 1. The van der Waals surface area contributed by atoms with Crippen molar-refractivity contribution in [2.75, 3.05) is 26.7 Å². The van der Waals surface area contributed by atoms with E-state index in [1.54, 1.807) is 0 Å². The average molecular weight is 166 g/mol. The molecule has 1 rings (SSSR count). The molecule has 0 aromatic carbocycles. The average Bonchev–Trinajstić information content (AvgIpc) is 2.09. The summed E-state index contributed by atoms with van der Waals surface area (Å²) in [7, 11) is 2.18. The molecule has 0 atom stereocenters. The van der Waals surface area contributed by atoms with E-state index in [0.717, 1.165) is 6.54 Å². The minimum atomic E-state index is 0.696. The van der Waals surface area contributed by atoms with Crippen LogP contribution in [0.15, 0.2) is 0 Å². The van der Waals surface area contributed by atoms with E-state index in [0.29, 0.717) is 6.04 Å². The van der Waals surface area contributed by atoms with Gasteiger partial charge in [-0.25, -0.2) is 0 Å². The summed E-state index contributed by atoms with van der Waals surface area (Å²) in [6, 6.07) is 0.696. The number of rotatable bonds is 2. The lowest BCUT2D eigenvalue weighted by Crippen LogP contribution is -2.40. The molecule has 1 fully saturated rings. The van der Waals surface area contributed by atoms with Crippen molar-refractivity contribution in [3.63, 3.8) is 0 Å². The fourth-order valence-electron chi connectivity index (χ4n) is 1.50. The van der Waals surface area contributed by atoms with Crippen LogP contribution in [0.4, 0.5) is 0 Å².